The van der Waals surface area contributed by atoms with Gasteiger partial charge in [-0.25, -0.2) is 0 Å². The minimum Gasteiger partial charge on any atom is -0.293 e. The van der Waals surface area contributed by atoms with E-state index >= 15 is 0 Å². The molecule has 0 bridgehead atoms. The molecule has 1 aromatic heterocycles. The Morgan fingerprint density at radius 1 is 1.03 bits per heavy atom. The normalized spacial score (nSPS) is 33.8. The van der Waals surface area contributed by atoms with E-state index < -0.39 is 0 Å². The molecule has 160 valence electrons. The van der Waals surface area contributed by atoms with Gasteiger partial charge in [-0.3, -0.25) is 4.90 Å². The maximum absolute atomic E-state index is 2.95. The molecule has 3 fully saturated rings. The van der Waals surface area contributed by atoms with Crippen molar-refractivity contribution in [2.75, 3.05) is 6.54 Å². The van der Waals surface area contributed by atoms with Crippen LogP contribution in [0.5, 0.6) is 0 Å². The van der Waals surface area contributed by atoms with Gasteiger partial charge in [-0.05, 0) is 77.6 Å². The zero-order chi connectivity index (χ0) is 20.6. The Labute approximate surface area is 187 Å². The van der Waals surface area contributed by atoms with Gasteiger partial charge in [0.25, 0.3) is 0 Å². The summed E-state index contributed by atoms with van der Waals surface area (Å²) in [6.45, 7) is 3.85. The molecule has 1 aliphatic heterocycles. The van der Waals surface area contributed by atoms with E-state index in [1.807, 2.05) is 5.30 Å². The summed E-state index contributed by atoms with van der Waals surface area (Å²) in [7, 11) is -0.198. The maximum atomic E-state index is 2.95. The van der Waals surface area contributed by atoms with Crippen molar-refractivity contribution < 1.29 is 0 Å². The first-order chi connectivity index (χ1) is 15.3. The fourth-order valence-corrected chi connectivity index (χ4v) is 10.7. The van der Waals surface area contributed by atoms with Crippen LogP contribution in [0.1, 0.15) is 55.4 Å². The highest BCUT2D eigenvalue weighted by molar-refractivity contribution is 7.56. The Morgan fingerprint density at radius 2 is 1.84 bits per heavy atom. The van der Waals surface area contributed by atoms with E-state index in [1.54, 1.807) is 16.1 Å². The van der Waals surface area contributed by atoms with Gasteiger partial charge < -0.3 is 0 Å². The highest BCUT2D eigenvalue weighted by atomic mass is 31.1. The van der Waals surface area contributed by atoms with Crippen molar-refractivity contribution in [2.24, 2.45) is 17.3 Å². The van der Waals surface area contributed by atoms with Gasteiger partial charge in [-0.15, -0.1) is 7.53 Å². The van der Waals surface area contributed by atoms with Gasteiger partial charge in [0.05, 0.1) is 0 Å². The third-order valence-electron chi connectivity index (χ3n) is 9.19. The molecule has 6 atom stereocenters. The molecule has 1 nitrogen and oxygen atoms in total. The number of nitrogens with zero attached hydrogens (tertiary/aromatic N) is 1. The predicted octanol–water partition coefficient (Wildman–Crippen LogP) is 7.24. The van der Waals surface area contributed by atoms with Gasteiger partial charge in [0.2, 0.25) is 0 Å². The fourth-order valence-electron chi connectivity index (χ4n) is 7.73. The number of rotatable bonds is 6. The van der Waals surface area contributed by atoms with Crippen molar-refractivity contribution in [3.8, 4) is 0 Å². The first-order valence-corrected chi connectivity index (χ1v) is 14.2. The first kappa shape index (κ1) is 19.0. The van der Waals surface area contributed by atoms with E-state index in [9.17, 15) is 0 Å². The average molecular weight is 428 g/mol. The fraction of sp³-hybridized carbons (Fsp3) is 0.517. The molecule has 7 rings (SSSR count). The number of likely N-dealkylation sites (tertiary alicyclic amines) is 1. The van der Waals surface area contributed by atoms with Crippen LogP contribution in [0, 0.1) is 17.3 Å². The highest BCUT2D eigenvalue weighted by Crippen LogP contribution is 2.67. The summed E-state index contributed by atoms with van der Waals surface area (Å²) in [5, 5.41) is 5.19. The Balaban J connectivity index is 1.31. The van der Waals surface area contributed by atoms with Crippen LogP contribution >= 0.6 is 7.53 Å². The van der Waals surface area contributed by atoms with Crippen LogP contribution in [0.15, 0.2) is 54.6 Å². The minimum atomic E-state index is -0.198. The van der Waals surface area contributed by atoms with Crippen molar-refractivity contribution in [3.63, 3.8) is 0 Å². The summed E-state index contributed by atoms with van der Waals surface area (Å²) in [4.78, 5) is 2.95. The van der Waals surface area contributed by atoms with E-state index in [2.05, 4.69) is 66.4 Å². The van der Waals surface area contributed by atoms with E-state index in [0.717, 1.165) is 23.9 Å². The van der Waals surface area contributed by atoms with E-state index in [1.165, 1.54) is 63.2 Å². The van der Waals surface area contributed by atoms with Crippen LogP contribution < -0.4 is 0 Å². The molecule has 1 saturated heterocycles. The van der Waals surface area contributed by atoms with Crippen LogP contribution in [-0.4, -0.2) is 23.5 Å². The Kier molecular flexibility index (Phi) is 4.26. The van der Waals surface area contributed by atoms with Gasteiger partial charge in [0.15, 0.2) is 0 Å². The Morgan fingerprint density at radius 3 is 2.65 bits per heavy atom. The molecule has 2 heterocycles. The van der Waals surface area contributed by atoms with Crippen molar-refractivity contribution in [2.45, 2.75) is 70.1 Å². The number of hydrogen-bond acceptors (Lipinski definition) is 1. The summed E-state index contributed by atoms with van der Waals surface area (Å²) in [5.74, 6) is 1.97. The summed E-state index contributed by atoms with van der Waals surface area (Å²) in [5.41, 5.74) is 3.88. The van der Waals surface area contributed by atoms with E-state index in [4.69, 9.17) is 0 Å². The van der Waals surface area contributed by atoms with Crippen LogP contribution in [0.2, 0.25) is 0 Å². The molecule has 31 heavy (non-hydrogen) atoms. The topological polar surface area (TPSA) is 3.01 Å². The van der Waals surface area contributed by atoms with Gasteiger partial charge >= 0.3 is 0 Å². The largest absolute Gasteiger partial charge is 0.293 e. The third kappa shape index (κ3) is 2.86. The molecule has 0 spiro atoms. The number of hydrogen-bond donors (Lipinski definition) is 0. The van der Waals surface area contributed by atoms with Crippen molar-refractivity contribution >= 4 is 18.0 Å². The minimum absolute atomic E-state index is 0.198. The second kappa shape index (κ2) is 6.97. The van der Waals surface area contributed by atoms with Crippen LogP contribution in [0.4, 0.5) is 0 Å². The second-order valence-electron chi connectivity index (χ2n) is 11.0. The molecule has 0 amide bonds. The lowest BCUT2D eigenvalue weighted by Crippen LogP contribution is -2.41. The molecule has 4 aliphatic rings. The van der Waals surface area contributed by atoms with Crippen molar-refractivity contribution in [3.05, 3.63) is 71.0 Å². The van der Waals surface area contributed by atoms with Crippen molar-refractivity contribution in [1.82, 2.24) is 4.90 Å². The lowest BCUT2D eigenvalue weighted by molar-refractivity contribution is 0.109. The van der Waals surface area contributed by atoms with Gasteiger partial charge in [-0.1, -0.05) is 67.9 Å². The number of benzene rings is 2. The number of piperidine rings is 1. The van der Waals surface area contributed by atoms with Gasteiger partial charge in [0, 0.05) is 29.9 Å². The molecular formula is C29H34NP. The molecule has 4 unspecified atom stereocenters. The van der Waals surface area contributed by atoms with Crippen LogP contribution in [0.25, 0.3) is 10.5 Å². The first-order valence-electron chi connectivity index (χ1n) is 12.7. The molecule has 0 radical (unpaired) electrons. The summed E-state index contributed by atoms with van der Waals surface area (Å²) in [6.07, 6.45) is 11.3. The molecule has 2 aromatic carbocycles. The molecule has 3 aromatic rings. The monoisotopic (exact) mass is 427 g/mol. The standard InChI is InChI=1S/C29H34NP/c1-2-14-29-17-24-23-10-6-7-11-26(23)31(19-21-8-4-3-5-9-21)27(24)16-22(29)15-25-28(29)30(25)18-20-12-13-20/h3-11,20,22,25,28H,2,12-19H2,1H3/t22?,25-,28?,29-,30?,31?/m1/s1. The molecular weight excluding hydrogens is 393 g/mol. The molecule has 2 heteroatoms. The highest BCUT2D eigenvalue weighted by Gasteiger charge is 2.68. The Bertz CT molecular complexity index is 1130. The number of fused-ring (bicyclic) bond motifs is 6. The molecule has 3 aliphatic carbocycles. The van der Waals surface area contributed by atoms with Crippen molar-refractivity contribution in [1.29, 1.82) is 0 Å². The van der Waals surface area contributed by atoms with Crippen LogP contribution in [-0.2, 0) is 19.0 Å². The van der Waals surface area contributed by atoms with Gasteiger partial charge in [-0.2, -0.15) is 0 Å². The molecule has 2 saturated carbocycles. The zero-order valence-electron chi connectivity index (χ0n) is 18.8. The lowest BCUT2D eigenvalue weighted by Gasteiger charge is -2.43. The SMILES string of the molecule is CCC[C@@]12Cc3c(p(Cc4ccccc4)c4ccccc34)CC1C[C@@H]1C2N1CC1CC1. The third-order valence-corrected chi connectivity index (χ3v) is 11.9. The summed E-state index contributed by atoms with van der Waals surface area (Å²) >= 11 is 0. The Hall–Kier alpha value is -1.56. The summed E-state index contributed by atoms with van der Waals surface area (Å²) < 4.78 is 0. The lowest BCUT2D eigenvalue weighted by atomic mass is 9.64. The zero-order valence-corrected chi connectivity index (χ0v) is 19.7. The van der Waals surface area contributed by atoms with Gasteiger partial charge in [0.1, 0.15) is 0 Å². The second-order valence-corrected chi connectivity index (χ2v) is 13.2. The van der Waals surface area contributed by atoms with E-state index in [0.29, 0.717) is 5.41 Å². The summed E-state index contributed by atoms with van der Waals surface area (Å²) in [6, 6.07) is 22.6. The quantitative estimate of drug-likeness (QED) is 0.375. The van der Waals surface area contributed by atoms with E-state index in [-0.39, 0.29) is 7.53 Å². The predicted molar refractivity (Wildman–Crippen MR) is 132 cm³/mol. The van der Waals surface area contributed by atoms with Crippen LogP contribution in [0.3, 0.4) is 0 Å². The smallest absolute Gasteiger partial charge is 0.0317 e. The average Bonchev–Trinajstić information content (AvgIpc) is 3.69. The maximum Gasteiger partial charge on any atom is 0.0317 e. The molecule has 0 N–H and O–H groups in total.